The van der Waals surface area contributed by atoms with Gasteiger partial charge in [-0.05, 0) is 18.1 Å². The monoisotopic (exact) mass is 450 g/mol. The van der Waals surface area contributed by atoms with Crippen LogP contribution in [-0.2, 0) is 31.7 Å². The molecule has 3 aromatic rings. The van der Waals surface area contributed by atoms with Crippen LogP contribution in [0, 0.1) is 0 Å². The van der Waals surface area contributed by atoms with Crippen molar-refractivity contribution in [3.8, 4) is 0 Å². The summed E-state index contributed by atoms with van der Waals surface area (Å²) in [5.41, 5.74) is 1.63. The maximum atomic E-state index is 13.6. The largest absolute Gasteiger partial charge is 0.451 e. The lowest BCUT2D eigenvalue weighted by atomic mass is 9.95. The van der Waals surface area contributed by atoms with E-state index in [-0.39, 0.29) is 18.9 Å². The minimum atomic E-state index is -1.46. The zero-order valence-corrected chi connectivity index (χ0v) is 18.2. The van der Waals surface area contributed by atoms with Gasteiger partial charge in [0.15, 0.2) is 6.10 Å². The van der Waals surface area contributed by atoms with E-state index >= 15 is 0 Å². The van der Waals surface area contributed by atoms with Crippen LogP contribution in [0.25, 0.3) is 0 Å². The van der Waals surface area contributed by atoms with Crippen LogP contribution in [0.15, 0.2) is 73.1 Å². The Hall–Kier alpha value is -3.33. The molecule has 1 amide bonds. The van der Waals surface area contributed by atoms with Gasteiger partial charge in [0.25, 0.3) is 0 Å². The molecule has 5 rings (SSSR count). The van der Waals surface area contributed by atoms with E-state index in [1.54, 1.807) is 17.8 Å². The Morgan fingerprint density at radius 2 is 1.78 bits per heavy atom. The van der Waals surface area contributed by atoms with Crippen LogP contribution in [-0.4, -0.2) is 52.1 Å². The number of carbonyl (C=O) groups excluding carboxylic acids is 2. The Bertz CT molecular complexity index is 1120. The first-order valence-electron chi connectivity index (χ1n) is 10.4. The smallest absolute Gasteiger partial charge is 0.331 e. The van der Waals surface area contributed by atoms with Crippen LogP contribution < -0.4 is 0 Å². The van der Waals surface area contributed by atoms with E-state index in [0.717, 1.165) is 11.1 Å². The van der Waals surface area contributed by atoms with Crippen molar-refractivity contribution in [2.45, 2.75) is 42.2 Å². The highest BCUT2D eigenvalue weighted by Crippen LogP contribution is 2.45. The van der Waals surface area contributed by atoms with Crippen molar-refractivity contribution < 1.29 is 18.5 Å². The van der Waals surface area contributed by atoms with Gasteiger partial charge >= 0.3 is 5.97 Å². The van der Waals surface area contributed by atoms with Gasteiger partial charge in [-0.25, -0.2) is 4.79 Å². The molecule has 2 aromatic carbocycles. The molecule has 8 nitrogen and oxygen atoms in total. The van der Waals surface area contributed by atoms with Crippen molar-refractivity contribution >= 4 is 22.7 Å². The van der Waals surface area contributed by atoms with Crippen molar-refractivity contribution in [3.63, 3.8) is 0 Å². The van der Waals surface area contributed by atoms with E-state index in [1.165, 1.54) is 11.1 Å². The lowest BCUT2D eigenvalue weighted by Crippen LogP contribution is -2.58. The molecular formula is C23H22N4O4S. The molecule has 0 saturated carbocycles. The number of benzene rings is 2. The summed E-state index contributed by atoms with van der Waals surface area (Å²) >= 11 is 0. The Morgan fingerprint density at radius 1 is 1.16 bits per heavy atom. The summed E-state index contributed by atoms with van der Waals surface area (Å²) in [6.45, 7) is 1.93. The Morgan fingerprint density at radius 3 is 2.31 bits per heavy atom. The third-order valence-corrected chi connectivity index (χ3v) is 8.28. The fraction of sp³-hybridized carbons (Fsp3) is 0.304. The van der Waals surface area contributed by atoms with Crippen molar-refractivity contribution in [2.75, 3.05) is 0 Å². The predicted molar refractivity (Wildman–Crippen MR) is 116 cm³/mol. The van der Waals surface area contributed by atoms with Crippen LogP contribution in [0.3, 0.4) is 0 Å². The molecule has 2 saturated heterocycles. The standard InChI is InChI=1S/C23H22N4O4S/c1-23(15-26-13-12-24-25-26)21(27-18(28)14-19(27)32(23)30)22(29)31-20(16-8-4-2-5-9-16)17-10-6-3-7-11-17/h2-13,19-21H,14-15H2,1H3/t19-,21+,23+,32-/m1/s1. The van der Waals surface area contributed by atoms with Gasteiger partial charge in [0.2, 0.25) is 5.91 Å². The van der Waals surface area contributed by atoms with E-state index in [2.05, 4.69) is 10.3 Å². The third-order valence-electron chi connectivity index (χ3n) is 6.12. The fourth-order valence-corrected chi connectivity index (χ4v) is 6.57. The number of rotatable bonds is 6. The number of hydrogen-bond donors (Lipinski definition) is 0. The molecule has 0 radical (unpaired) electrons. The van der Waals surface area contributed by atoms with Gasteiger partial charge in [0.05, 0.1) is 34.7 Å². The van der Waals surface area contributed by atoms with Crippen LogP contribution in [0.4, 0.5) is 0 Å². The second-order valence-electron chi connectivity index (χ2n) is 8.21. The minimum Gasteiger partial charge on any atom is -0.451 e. The van der Waals surface area contributed by atoms with Gasteiger partial charge in [0, 0.05) is 6.20 Å². The maximum absolute atomic E-state index is 13.6. The maximum Gasteiger partial charge on any atom is 0.331 e. The van der Waals surface area contributed by atoms with Gasteiger partial charge in [-0.2, -0.15) is 0 Å². The molecule has 2 aliphatic heterocycles. The number of amides is 1. The van der Waals surface area contributed by atoms with Gasteiger partial charge in [-0.1, -0.05) is 65.9 Å². The minimum absolute atomic E-state index is 0.171. The zero-order valence-electron chi connectivity index (χ0n) is 17.4. The van der Waals surface area contributed by atoms with Crippen LogP contribution in [0.1, 0.15) is 30.6 Å². The van der Waals surface area contributed by atoms with Crippen molar-refractivity contribution in [2.24, 2.45) is 0 Å². The predicted octanol–water partition coefficient (Wildman–Crippen LogP) is 2.06. The summed E-state index contributed by atoms with van der Waals surface area (Å²) in [6, 6.07) is 17.9. The molecule has 4 atom stereocenters. The molecule has 0 bridgehead atoms. The second kappa shape index (κ2) is 7.98. The number of carbonyl (C=O) groups is 2. The lowest BCUT2D eigenvalue weighted by Gasteiger charge is -2.37. The number of nitrogens with zero attached hydrogens (tertiary/aromatic N) is 4. The quantitative estimate of drug-likeness (QED) is 0.422. The first kappa shape index (κ1) is 20.6. The first-order chi connectivity index (χ1) is 15.5. The lowest BCUT2D eigenvalue weighted by molar-refractivity contribution is -0.164. The summed E-state index contributed by atoms with van der Waals surface area (Å²) in [6.07, 6.45) is 2.70. The van der Waals surface area contributed by atoms with E-state index in [1.807, 2.05) is 60.7 Å². The number of esters is 1. The molecule has 0 aliphatic carbocycles. The fourth-order valence-electron chi connectivity index (χ4n) is 4.52. The van der Waals surface area contributed by atoms with E-state index < -0.39 is 39.0 Å². The number of ether oxygens (including phenoxy) is 1. The molecule has 32 heavy (non-hydrogen) atoms. The highest BCUT2D eigenvalue weighted by atomic mass is 32.2. The van der Waals surface area contributed by atoms with Crippen molar-refractivity contribution in [1.82, 2.24) is 19.9 Å². The normalized spacial score (nSPS) is 26.6. The summed E-state index contributed by atoms with van der Waals surface area (Å²) in [7, 11) is -1.46. The molecule has 164 valence electrons. The average molecular weight is 451 g/mol. The van der Waals surface area contributed by atoms with E-state index in [0.29, 0.717) is 0 Å². The van der Waals surface area contributed by atoms with E-state index in [9.17, 15) is 13.8 Å². The number of hydrogen-bond acceptors (Lipinski definition) is 6. The number of fused-ring (bicyclic) bond motifs is 1. The Labute approximate surface area is 187 Å². The molecule has 3 heterocycles. The highest BCUT2D eigenvalue weighted by Gasteiger charge is 2.65. The molecule has 2 fully saturated rings. The second-order valence-corrected chi connectivity index (χ2v) is 10.3. The summed E-state index contributed by atoms with van der Waals surface area (Å²) in [5.74, 6) is -0.766. The Kier molecular flexibility index (Phi) is 5.13. The van der Waals surface area contributed by atoms with Crippen LogP contribution >= 0.6 is 0 Å². The molecule has 0 N–H and O–H groups in total. The number of aromatic nitrogens is 3. The van der Waals surface area contributed by atoms with Crippen molar-refractivity contribution in [3.05, 3.63) is 84.2 Å². The third kappa shape index (κ3) is 3.33. The van der Waals surface area contributed by atoms with Crippen LogP contribution in [0.2, 0.25) is 0 Å². The number of β-lactam (4-membered cyclic amide) rings is 1. The topological polar surface area (TPSA) is 94.4 Å². The molecule has 0 unspecified atom stereocenters. The van der Waals surface area contributed by atoms with Gasteiger partial charge in [-0.15, -0.1) is 5.10 Å². The first-order valence-corrected chi connectivity index (χ1v) is 11.6. The summed E-state index contributed by atoms with van der Waals surface area (Å²) < 4.78 is 19.9. The molecule has 2 aliphatic rings. The Balaban J connectivity index is 1.50. The van der Waals surface area contributed by atoms with Crippen molar-refractivity contribution in [1.29, 1.82) is 0 Å². The molecular weight excluding hydrogens is 428 g/mol. The van der Waals surface area contributed by atoms with Gasteiger partial charge < -0.3 is 9.64 Å². The molecule has 0 spiro atoms. The molecule has 1 aromatic heterocycles. The molecule has 9 heteroatoms. The van der Waals surface area contributed by atoms with Gasteiger partial charge in [-0.3, -0.25) is 13.7 Å². The summed E-state index contributed by atoms with van der Waals surface area (Å²) in [5, 5.41) is 7.29. The zero-order chi connectivity index (χ0) is 22.3. The van der Waals surface area contributed by atoms with Gasteiger partial charge in [0.1, 0.15) is 11.4 Å². The highest BCUT2D eigenvalue weighted by molar-refractivity contribution is 7.87. The van der Waals surface area contributed by atoms with E-state index in [4.69, 9.17) is 4.74 Å². The SMILES string of the molecule is C[C@]1(Cn2ccnn2)[C@H](C(=O)OC(c2ccccc2)c2ccccc2)N2C(=O)C[C@H]2[S@]1=O. The average Bonchev–Trinajstić information content (AvgIpc) is 3.37. The van der Waals surface area contributed by atoms with Crippen LogP contribution in [0.5, 0.6) is 0 Å². The summed E-state index contributed by atoms with van der Waals surface area (Å²) in [4.78, 5) is 27.5.